The summed E-state index contributed by atoms with van der Waals surface area (Å²) in [5, 5.41) is 0. The van der Waals surface area contributed by atoms with Gasteiger partial charge in [-0.3, -0.25) is 9.46 Å². The van der Waals surface area contributed by atoms with Crippen LogP contribution in [0.4, 0.5) is 0 Å². The summed E-state index contributed by atoms with van der Waals surface area (Å²) in [5.74, 6) is 0. The van der Waals surface area contributed by atoms with Gasteiger partial charge in [-0.1, -0.05) is 12.2 Å². The van der Waals surface area contributed by atoms with Gasteiger partial charge in [0.05, 0.1) is 6.61 Å². The molecule has 3 atom stereocenters. The van der Waals surface area contributed by atoms with Crippen molar-refractivity contribution in [1.29, 1.82) is 0 Å². The van der Waals surface area contributed by atoms with Crippen molar-refractivity contribution >= 4 is 23.7 Å². The van der Waals surface area contributed by atoms with Crippen molar-refractivity contribution in [3.63, 3.8) is 0 Å². The van der Waals surface area contributed by atoms with Gasteiger partial charge in [0.1, 0.15) is 6.35 Å². The summed E-state index contributed by atoms with van der Waals surface area (Å²) in [5.41, 5.74) is 0.562. The van der Waals surface area contributed by atoms with Gasteiger partial charge in [-0.25, -0.2) is 8.88 Å². The monoisotopic (exact) mass is 377 g/mol. The number of ether oxygens (including phenoxy) is 1. The molecule has 13 nitrogen and oxygen atoms in total. The van der Waals surface area contributed by atoms with E-state index in [1.54, 1.807) is 6.92 Å². The van der Waals surface area contributed by atoms with E-state index in [1.165, 1.54) is 0 Å². The molecule has 132 valence electrons. The fourth-order valence-corrected chi connectivity index (χ4v) is 3.52. The normalized spacial score (nSPS) is 15.5. The van der Waals surface area contributed by atoms with Crippen molar-refractivity contribution in [2.24, 2.45) is 0 Å². The van der Waals surface area contributed by atoms with Crippen LogP contribution in [-0.4, -0.2) is 27.6 Å². The Morgan fingerprint density at radius 1 is 1.19 bits per heavy atom. The summed E-state index contributed by atoms with van der Waals surface area (Å²) in [4.78, 5) is 26.1. The van der Waals surface area contributed by atoms with E-state index in [0.29, 0.717) is 5.57 Å². The van der Waals surface area contributed by atoms with Crippen LogP contribution in [0.3, 0.4) is 0 Å². The maximum atomic E-state index is 11.2. The average molecular weight is 377 g/mol. The highest BCUT2D eigenvalue weighted by molar-refractivity contribution is 7.66. The first-order chi connectivity index (χ1) is 7.54. The smallest absolute Gasteiger partial charge is 0.364 e. The summed E-state index contributed by atoms with van der Waals surface area (Å²) in [6.45, 7) is 5.00. The molecule has 3 unspecified atom stereocenters. The van der Waals surface area contributed by atoms with Crippen LogP contribution in [0.25, 0.3) is 0 Å². The maximum Gasteiger partial charge on any atom is 0.705 e. The van der Waals surface area contributed by atoms with Gasteiger partial charge in [0, 0.05) is 4.57 Å². The molecule has 15 N–H and O–H groups in total. The first-order valence-electron chi connectivity index (χ1n) is 3.98. The molecule has 0 heterocycles. The Morgan fingerprint density at radius 2 is 1.62 bits per heavy atom. The number of phosphoric acid groups is 1. The minimum atomic E-state index is -5.08. The van der Waals surface area contributed by atoms with Crippen LogP contribution in [-0.2, 0) is 27.1 Å². The Morgan fingerprint density at radius 3 is 1.95 bits per heavy atom. The zero-order valence-corrected chi connectivity index (χ0v) is 14.3. The van der Waals surface area contributed by atoms with Crippen molar-refractivity contribution in [1.82, 2.24) is 24.6 Å². The molecule has 0 spiro atoms. The van der Waals surface area contributed by atoms with Crippen LogP contribution < -0.4 is 24.6 Å². The molecule has 0 aliphatic heterocycles. The number of hydrogen-bond donors (Lipinski definition) is 7. The third-order valence-electron chi connectivity index (χ3n) is 1.01. The number of hydrogen-bond acceptors (Lipinski definition) is 10. The average Bonchev–Trinajstić information content (AvgIpc) is 1.95. The molecule has 0 amide bonds. The van der Waals surface area contributed by atoms with E-state index >= 15 is 0 Å². The van der Waals surface area contributed by atoms with Crippen molar-refractivity contribution in [3.05, 3.63) is 12.2 Å². The molecule has 0 aromatic carbocycles. The molecule has 0 bridgehead atoms. The SMILES string of the molecule is C=C(C)COCP(=O)(O)OP(=O)(O)O[P+](=O)O.N.N.N.N. The summed E-state index contributed by atoms with van der Waals surface area (Å²) in [6.07, 6.45) is -0.879. The summed E-state index contributed by atoms with van der Waals surface area (Å²) >= 11 is 0. The molecule has 0 aromatic rings. The zero-order valence-electron chi connectivity index (χ0n) is 11.6. The second-order valence-corrected chi connectivity index (χ2v) is 7.19. The molecule has 0 aromatic heterocycles. The van der Waals surface area contributed by atoms with Crippen LogP contribution in [0.15, 0.2) is 12.2 Å². The largest absolute Gasteiger partial charge is 0.705 e. The first kappa shape index (κ1) is 32.7. The van der Waals surface area contributed by atoms with Gasteiger partial charge >= 0.3 is 23.7 Å². The van der Waals surface area contributed by atoms with Crippen molar-refractivity contribution in [2.45, 2.75) is 6.92 Å². The topological polar surface area (TPSA) is 280 Å². The van der Waals surface area contributed by atoms with Crippen molar-refractivity contribution in [2.75, 3.05) is 13.0 Å². The van der Waals surface area contributed by atoms with Crippen LogP contribution >= 0.6 is 23.7 Å². The van der Waals surface area contributed by atoms with E-state index in [-0.39, 0.29) is 31.2 Å². The Kier molecular flexibility index (Phi) is 21.1. The van der Waals surface area contributed by atoms with Gasteiger partial charge in [-0.15, -0.1) is 4.89 Å². The summed E-state index contributed by atoms with van der Waals surface area (Å²) in [7, 11) is -13.1. The summed E-state index contributed by atoms with van der Waals surface area (Å²) in [6, 6.07) is 0. The molecular weight excluding hydrogens is 353 g/mol. The highest BCUT2D eigenvalue weighted by atomic mass is 31.3. The molecule has 0 saturated carbocycles. The number of rotatable bonds is 8. The molecular formula is C5H24N4O9P3+. The van der Waals surface area contributed by atoms with Crippen LogP contribution in [0.1, 0.15) is 6.92 Å². The van der Waals surface area contributed by atoms with E-state index in [0.717, 1.165) is 0 Å². The lowest BCUT2D eigenvalue weighted by Crippen LogP contribution is -2.01. The molecule has 0 rings (SSSR count). The van der Waals surface area contributed by atoms with Gasteiger partial charge in [-0.05, 0) is 11.2 Å². The Labute approximate surface area is 123 Å². The van der Waals surface area contributed by atoms with E-state index in [2.05, 4.69) is 19.9 Å². The summed E-state index contributed by atoms with van der Waals surface area (Å²) < 4.78 is 44.2. The lowest BCUT2D eigenvalue weighted by Gasteiger charge is -2.12. The van der Waals surface area contributed by atoms with E-state index in [9.17, 15) is 13.7 Å². The van der Waals surface area contributed by atoms with E-state index in [1.807, 2.05) is 0 Å². The highest BCUT2D eigenvalue weighted by Crippen LogP contribution is 2.62. The van der Waals surface area contributed by atoms with Gasteiger partial charge in [0.25, 0.3) is 0 Å². The maximum absolute atomic E-state index is 11.2. The predicted octanol–water partition coefficient (Wildman–Crippen LogP) is 2.15. The fraction of sp³-hybridized carbons (Fsp3) is 0.600. The first-order valence-corrected chi connectivity index (χ1v) is 8.37. The molecule has 21 heavy (non-hydrogen) atoms. The van der Waals surface area contributed by atoms with Crippen LogP contribution in [0.5, 0.6) is 0 Å². The minimum absolute atomic E-state index is 0. The minimum Gasteiger partial charge on any atom is -0.364 e. The molecule has 0 aliphatic carbocycles. The molecule has 0 saturated heterocycles. The zero-order chi connectivity index (χ0) is 13.7. The molecule has 0 fully saturated rings. The third-order valence-corrected chi connectivity index (χ3v) is 4.75. The fourth-order valence-electron chi connectivity index (χ4n) is 0.623. The standard InChI is InChI=1S/C5H11O9P3.4H3N/c1-5(2)3-12-4-16(8,9)14-17(10,11)13-15(6)7;;;;/h1,3-4H2,2H3,(H2-,6,7,8,9,10,11);4*1H3/p+1. The Balaban J connectivity index is -0.000000213. The van der Waals surface area contributed by atoms with Gasteiger partial charge in [0.15, 0.2) is 0 Å². The highest BCUT2D eigenvalue weighted by Gasteiger charge is 2.41. The van der Waals surface area contributed by atoms with Crippen molar-refractivity contribution in [3.8, 4) is 0 Å². The molecule has 0 radical (unpaired) electrons. The lowest BCUT2D eigenvalue weighted by molar-refractivity contribution is 0.174. The molecule has 16 heteroatoms. The van der Waals surface area contributed by atoms with Crippen molar-refractivity contribution < 1.29 is 41.7 Å². The van der Waals surface area contributed by atoms with E-state index < -0.39 is 30.0 Å². The van der Waals surface area contributed by atoms with Gasteiger partial charge in [0.2, 0.25) is 0 Å². The van der Waals surface area contributed by atoms with Crippen LogP contribution in [0, 0.1) is 0 Å². The second-order valence-electron chi connectivity index (χ2n) is 2.94. The van der Waals surface area contributed by atoms with Gasteiger partial charge in [-0.2, -0.15) is 0 Å². The van der Waals surface area contributed by atoms with E-state index in [4.69, 9.17) is 14.7 Å². The van der Waals surface area contributed by atoms with Crippen LogP contribution in [0.2, 0.25) is 0 Å². The molecule has 0 aliphatic rings. The van der Waals surface area contributed by atoms with Gasteiger partial charge < -0.3 is 34.2 Å². The third kappa shape index (κ3) is 19.9. The Hall–Kier alpha value is -0.100. The second kappa shape index (κ2) is 13.6. The predicted molar refractivity (Wildman–Crippen MR) is 77.4 cm³/mol. The Bertz CT molecular complexity index is 405. The quantitative estimate of drug-likeness (QED) is 0.236. The lowest BCUT2D eigenvalue weighted by atomic mass is 10.4.